The van der Waals surface area contributed by atoms with Gasteiger partial charge in [0.05, 0.1) is 17.1 Å². The molecule has 0 aliphatic heterocycles. The number of rotatable bonds is 3. The van der Waals surface area contributed by atoms with Crippen molar-refractivity contribution in [3.05, 3.63) is 33.8 Å². The molecule has 0 aromatic carbocycles. The molecule has 0 aliphatic rings. The van der Waals surface area contributed by atoms with Gasteiger partial charge in [0.1, 0.15) is 5.69 Å². The van der Waals surface area contributed by atoms with Crippen LogP contribution in [0.15, 0.2) is 16.7 Å². The zero-order valence-electron chi connectivity index (χ0n) is 10.5. The highest BCUT2D eigenvalue weighted by Crippen LogP contribution is 2.20. The lowest BCUT2D eigenvalue weighted by atomic mass is 10.3. The summed E-state index contributed by atoms with van der Waals surface area (Å²) in [6.45, 7) is 6.48. The maximum absolute atomic E-state index is 12.2. The Labute approximate surface area is 114 Å². The van der Waals surface area contributed by atoms with E-state index < -0.39 is 0 Å². The van der Waals surface area contributed by atoms with Crippen molar-refractivity contribution in [1.82, 2.24) is 14.8 Å². The summed E-state index contributed by atoms with van der Waals surface area (Å²) in [5, 5.41) is 9.79. The van der Waals surface area contributed by atoms with E-state index in [1.165, 1.54) is 0 Å². The fourth-order valence-corrected chi connectivity index (χ4v) is 2.30. The van der Waals surface area contributed by atoms with E-state index in [0.29, 0.717) is 5.69 Å². The second kappa shape index (κ2) is 4.97. The zero-order chi connectivity index (χ0) is 13.3. The van der Waals surface area contributed by atoms with Crippen LogP contribution in [0.5, 0.6) is 0 Å². The maximum Gasteiger partial charge on any atom is 0.272 e. The average molecular weight is 311 g/mol. The minimum absolute atomic E-state index is 0.129. The summed E-state index contributed by atoms with van der Waals surface area (Å²) in [5.41, 5.74) is 3.02. The van der Waals surface area contributed by atoms with Gasteiger partial charge in [0.2, 0.25) is 0 Å². The number of hydrogen-bond donors (Lipinski definition) is 2. The summed E-state index contributed by atoms with van der Waals surface area (Å²) >= 11 is 3.38. The van der Waals surface area contributed by atoms with Crippen molar-refractivity contribution in [2.45, 2.75) is 27.3 Å². The molecule has 6 heteroatoms. The minimum atomic E-state index is -0.129. The summed E-state index contributed by atoms with van der Waals surface area (Å²) in [7, 11) is 0. The van der Waals surface area contributed by atoms with Crippen LogP contribution < -0.4 is 5.32 Å². The van der Waals surface area contributed by atoms with Crippen LogP contribution in [0.4, 0.5) is 5.69 Å². The molecule has 0 fully saturated rings. The predicted molar refractivity (Wildman–Crippen MR) is 73.8 cm³/mol. The van der Waals surface area contributed by atoms with Crippen molar-refractivity contribution in [2.75, 3.05) is 5.32 Å². The Kier molecular flexibility index (Phi) is 3.56. The summed E-state index contributed by atoms with van der Waals surface area (Å²) < 4.78 is 2.79. The van der Waals surface area contributed by atoms with Crippen molar-refractivity contribution in [1.29, 1.82) is 0 Å². The predicted octanol–water partition coefficient (Wildman–Crippen LogP) is 2.86. The standard InChI is InChI=1S/C12H15BrN4O/c1-4-17-6-9(13)5-10(17)12(18)14-11-7(2)15-16-8(11)3/h5-6H,4H2,1-3H3,(H,14,18)(H,15,16). The number of carbonyl (C=O) groups is 1. The fraction of sp³-hybridized carbons (Fsp3) is 0.333. The van der Waals surface area contributed by atoms with Gasteiger partial charge in [-0.1, -0.05) is 0 Å². The monoisotopic (exact) mass is 310 g/mol. The summed E-state index contributed by atoms with van der Waals surface area (Å²) in [5.74, 6) is -0.129. The number of halogens is 1. The molecule has 0 bridgehead atoms. The van der Waals surface area contributed by atoms with Crippen molar-refractivity contribution < 1.29 is 4.79 Å². The quantitative estimate of drug-likeness (QED) is 0.915. The molecule has 0 saturated carbocycles. The molecule has 1 amide bonds. The summed E-state index contributed by atoms with van der Waals surface area (Å²) in [4.78, 5) is 12.2. The van der Waals surface area contributed by atoms with E-state index in [-0.39, 0.29) is 5.91 Å². The second-order valence-corrected chi connectivity index (χ2v) is 5.01. The van der Waals surface area contributed by atoms with Gasteiger partial charge >= 0.3 is 0 Å². The van der Waals surface area contributed by atoms with Crippen molar-refractivity contribution in [3.63, 3.8) is 0 Å². The molecule has 18 heavy (non-hydrogen) atoms. The lowest BCUT2D eigenvalue weighted by Gasteiger charge is -2.07. The Morgan fingerprint density at radius 2 is 2.28 bits per heavy atom. The highest BCUT2D eigenvalue weighted by molar-refractivity contribution is 9.10. The van der Waals surface area contributed by atoms with Crippen molar-refractivity contribution >= 4 is 27.5 Å². The van der Waals surface area contributed by atoms with Crippen LogP contribution in [0, 0.1) is 13.8 Å². The highest BCUT2D eigenvalue weighted by Gasteiger charge is 2.15. The first-order valence-electron chi connectivity index (χ1n) is 5.71. The van der Waals surface area contributed by atoms with E-state index in [1.807, 2.05) is 37.6 Å². The number of hydrogen-bond acceptors (Lipinski definition) is 2. The number of carbonyl (C=O) groups excluding carboxylic acids is 1. The molecule has 2 aromatic heterocycles. The van der Waals surface area contributed by atoms with Crippen LogP contribution in [-0.2, 0) is 6.54 Å². The van der Waals surface area contributed by atoms with Gasteiger partial charge in [-0.05, 0) is 42.8 Å². The molecule has 5 nitrogen and oxygen atoms in total. The Morgan fingerprint density at radius 1 is 1.56 bits per heavy atom. The van der Waals surface area contributed by atoms with Crippen molar-refractivity contribution in [3.8, 4) is 0 Å². The molecule has 0 atom stereocenters. The third-order valence-electron chi connectivity index (χ3n) is 2.80. The van der Waals surface area contributed by atoms with Gasteiger partial charge in [0, 0.05) is 17.2 Å². The van der Waals surface area contributed by atoms with E-state index in [1.54, 1.807) is 0 Å². The lowest BCUT2D eigenvalue weighted by molar-refractivity contribution is 0.101. The number of anilines is 1. The first-order valence-corrected chi connectivity index (χ1v) is 6.50. The van der Waals surface area contributed by atoms with Gasteiger partial charge in [0.25, 0.3) is 5.91 Å². The van der Waals surface area contributed by atoms with E-state index in [2.05, 4.69) is 31.4 Å². The normalized spacial score (nSPS) is 10.7. The van der Waals surface area contributed by atoms with Crippen LogP contribution in [0.2, 0.25) is 0 Å². The fourth-order valence-electron chi connectivity index (χ4n) is 1.84. The van der Waals surface area contributed by atoms with Crippen LogP contribution in [0.1, 0.15) is 28.8 Å². The number of H-pyrrole nitrogens is 1. The first kappa shape index (κ1) is 12.9. The number of nitrogens with one attached hydrogen (secondary N) is 2. The number of aromatic nitrogens is 3. The number of aromatic amines is 1. The molecule has 2 rings (SSSR count). The molecule has 96 valence electrons. The smallest absolute Gasteiger partial charge is 0.272 e. The molecule has 2 heterocycles. The van der Waals surface area contributed by atoms with E-state index in [0.717, 1.165) is 28.1 Å². The number of nitrogens with zero attached hydrogens (tertiary/aromatic N) is 2. The summed E-state index contributed by atoms with van der Waals surface area (Å²) in [6, 6.07) is 1.81. The Bertz CT molecular complexity index is 565. The van der Waals surface area contributed by atoms with Crippen LogP contribution in [0.25, 0.3) is 0 Å². The van der Waals surface area contributed by atoms with E-state index in [4.69, 9.17) is 0 Å². The second-order valence-electron chi connectivity index (χ2n) is 4.09. The molecule has 0 spiro atoms. The van der Waals surface area contributed by atoms with Gasteiger partial charge < -0.3 is 9.88 Å². The largest absolute Gasteiger partial charge is 0.343 e. The topological polar surface area (TPSA) is 62.7 Å². The summed E-state index contributed by atoms with van der Waals surface area (Å²) in [6.07, 6.45) is 1.89. The third kappa shape index (κ3) is 2.33. The minimum Gasteiger partial charge on any atom is -0.343 e. The van der Waals surface area contributed by atoms with Crippen LogP contribution >= 0.6 is 15.9 Å². The molecule has 2 aromatic rings. The molecular weight excluding hydrogens is 296 g/mol. The number of aryl methyl sites for hydroxylation is 3. The van der Waals surface area contributed by atoms with Crippen LogP contribution in [-0.4, -0.2) is 20.7 Å². The molecule has 0 aliphatic carbocycles. The molecule has 0 radical (unpaired) electrons. The lowest BCUT2D eigenvalue weighted by Crippen LogP contribution is -2.17. The van der Waals surface area contributed by atoms with E-state index >= 15 is 0 Å². The SMILES string of the molecule is CCn1cc(Br)cc1C(=O)Nc1c(C)n[nH]c1C. The van der Waals surface area contributed by atoms with E-state index in [9.17, 15) is 4.79 Å². The van der Waals surface area contributed by atoms with Gasteiger partial charge in [-0.25, -0.2) is 0 Å². The molecule has 0 unspecified atom stereocenters. The van der Waals surface area contributed by atoms with Crippen LogP contribution in [0.3, 0.4) is 0 Å². The Hall–Kier alpha value is -1.56. The Balaban J connectivity index is 2.27. The van der Waals surface area contributed by atoms with Gasteiger partial charge in [-0.3, -0.25) is 9.89 Å². The Morgan fingerprint density at radius 3 is 2.83 bits per heavy atom. The number of amides is 1. The zero-order valence-corrected chi connectivity index (χ0v) is 12.1. The highest BCUT2D eigenvalue weighted by atomic mass is 79.9. The van der Waals surface area contributed by atoms with Gasteiger partial charge in [0.15, 0.2) is 0 Å². The molecular formula is C12H15BrN4O. The molecule has 0 saturated heterocycles. The van der Waals surface area contributed by atoms with Gasteiger partial charge in [-0.2, -0.15) is 5.10 Å². The third-order valence-corrected chi connectivity index (χ3v) is 3.24. The average Bonchev–Trinajstić information content (AvgIpc) is 2.86. The van der Waals surface area contributed by atoms with Gasteiger partial charge in [-0.15, -0.1) is 0 Å². The first-order chi connectivity index (χ1) is 8.52. The maximum atomic E-state index is 12.2. The van der Waals surface area contributed by atoms with Crippen molar-refractivity contribution in [2.24, 2.45) is 0 Å². The molecule has 2 N–H and O–H groups in total.